The molecular weight excluding hydrogens is 338 g/mol. The van der Waals surface area contributed by atoms with Gasteiger partial charge in [-0.15, -0.1) is 0 Å². The summed E-state index contributed by atoms with van der Waals surface area (Å²) in [4.78, 5) is 33.9. The number of aliphatic hydroxyl groups is 4. The summed E-state index contributed by atoms with van der Waals surface area (Å²) in [6.07, 6.45) is -2.78. The summed E-state index contributed by atoms with van der Waals surface area (Å²) in [6.45, 7) is 0.305. The molecule has 0 aliphatic rings. The minimum atomic E-state index is -1.87. The van der Waals surface area contributed by atoms with Crippen molar-refractivity contribution in [1.29, 1.82) is 0 Å². The fourth-order valence-electron chi connectivity index (χ4n) is 1.73. The third-order valence-corrected chi connectivity index (χ3v) is 4.31. The number of Topliss-reactive ketones (excluding diaryl/α,β-unsaturated/α-hetero) is 2. The van der Waals surface area contributed by atoms with E-state index in [0.717, 1.165) is 18.6 Å². The first kappa shape index (κ1) is 23.0. The number of hydrogen-bond acceptors (Lipinski definition) is 8. The summed E-state index contributed by atoms with van der Waals surface area (Å²) in [7, 11) is 0. The Hall–Kier alpha value is -1.00. The van der Waals surface area contributed by atoms with E-state index in [1.165, 1.54) is 0 Å². The van der Waals surface area contributed by atoms with E-state index < -0.39 is 37.2 Å². The summed E-state index contributed by atoms with van der Waals surface area (Å²) in [5.74, 6) is 0.393. The quantitative estimate of drug-likeness (QED) is 0.237. The van der Waals surface area contributed by atoms with Crippen LogP contribution in [-0.2, 0) is 14.4 Å². The van der Waals surface area contributed by atoms with Crippen LogP contribution in [-0.4, -0.2) is 80.9 Å². The molecule has 0 saturated carbocycles. The Morgan fingerprint density at radius 3 is 2.29 bits per heavy atom. The second-order valence-corrected chi connectivity index (χ2v) is 6.67. The van der Waals surface area contributed by atoms with Gasteiger partial charge >= 0.3 is 0 Å². The Balaban J connectivity index is 3.78. The van der Waals surface area contributed by atoms with Gasteiger partial charge in [-0.1, -0.05) is 0 Å². The standard InChI is InChI=1S/C15H27NO7S/c1-10(18)4-2-3-6-24-7-5-13(21)16-8-11(19)14(22)15(23)12(20)9-17/h12,14-15,17,20,22-23H,2-9H2,1H3,(H,16,21)/t12-,14-,15-/m0/s1. The molecule has 9 heteroatoms. The van der Waals surface area contributed by atoms with E-state index in [4.69, 9.17) is 10.2 Å². The van der Waals surface area contributed by atoms with Gasteiger partial charge in [0.2, 0.25) is 5.91 Å². The Bertz CT molecular complexity index is 405. The number of hydrogen-bond donors (Lipinski definition) is 5. The maximum absolute atomic E-state index is 11.6. The lowest BCUT2D eigenvalue weighted by Crippen LogP contribution is -2.47. The second-order valence-electron chi connectivity index (χ2n) is 5.45. The van der Waals surface area contributed by atoms with Crippen molar-refractivity contribution < 1.29 is 34.8 Å². The predicted molar refractivity (Wildman–Crippen MR) is 89.6 cm³/mol. The third-order valence-electron chi connectivity index (χ3n) is 3.24. The van der Waals surface area contributed by atoms with E-state index >= 15 is 0 Å². The average Bonchev–Trinajstić information content (AvgIpc) is 2.56. The maximum atomic E-state index is 11.6. The van der Waals surface area contributed by atoms with E-state index in [9.17, 15) is 24.6 Å². The van der Waals surface area contributed by atoms with Crippen molar-refractivity contribution in [1.82, 2.24) is 5.32 Å². The molecule has 140 valence electrons. The molecule has 0 aliphatic carbocycles. The Kier molecular flexibility index (Phi) is 12.8. The Morgan fingerprint density at radius 1 is 1.04 bits per heavy atom. The minimum absolute atomic E-state index is 0.169. The molecule has 5 N–H and O–H groups in total. The highest BCUT2D eigenvalue weighted by Crippen LogP contribution is 2.08. The van der Waals surface area contributed by atoms with Gasteiger partial charge in [0.15, 0.2) is 5.78 Å². The van der Waals surface area contributed by atoms with Gasteiger partial charge in [-0.25, -0.2) is 0 Å². The molecule has 0 heterocycles. The molecule has 0 aliphatic heterocycles. The predicted octanol–water partition coefficient (Wildman–Crippen LogP) is -1.37. The van der Waals surface area contributed by atoms with Crippen LogP contribution in [0.4, 0.5) is 0 Å². The summed E-state index contributed by atoms with van der Waals surface area (Å²) >= 11 is 1.58. The molecule has 0 aromatic heterocycles. The first-order valence-corrected chi connectivity index (χ1v) is 8.96. The van der Waals surface area contributed by atoms with Gasteiger partial charge < -0.3 is 30.5 Å². The summed E-state index contributed by atoms with van der Waals surface area (Å²) in [5, 5.41) is 39.0. The molecule has 0 unspecified atom stereocenters. The van der Waals surface area contributed by atoms with Gasteiger partial charge in [-0.2, -0.15) is 11.8 Å². The molecule has 0 aromatic carbocycles. The number of nitrogens with one attached hydrogen (secondary N) is 1. The summed E-state index contributed by atoms with van der Waals surface area (Å²) < 4.78 is 0. The second kappa shape index (κ2) is 13.3. The normalized spacial score (nSPS) is 14.7. The number of aliphatic hydroxyl groups excluding tert-OH is 4. The highest BCUT2D eigenvalue weighted by atomic mass is 32.2. The van der Waals surface area contributed by atoms with Crippen molar-refractivity contribution in [2.75, 3.05) is 24.7 Å². The minimum Gasteiger partial charge on any atom is -0.394 e. The molecule has 3 atom stereocenters. The number of rotatable bonds is 14. The van der Waals surface area contributed by atoms with Crippen LogP contribution in [0, 0.1) is 0 Å². The van der Waals surface area contributed by atoms with E-state index in [1.807, 2.05) is 0 Å². The van der Waals surface area contributed by atoms with Crippen LogP contribution in [0.15, 0.2) is 0 Å². The van der Waals surface area contributed by atoms with Crippen LogP contribution >= 0.6 is 11.8 Å². The van der Waals surface area contributed by atoms with E-state index in [1.54, 1.807) is 18.7 Å². The number of ketones is 2. The van der Waals surface area contributed by atoms with E-state index in [2.05, 4.69) is 5.32 Å². The lowest BCUT2D eigenvalue weighted by atomic mass is 10.0. The van der Waals surface area contributed by atoms with Crippen molar-refractivity contribution in [3.05, 3.63) is 0 Å². The molecule has 0 saturated heterocycles. The topological polar surface area (TPSA) is 144 Å². The number of carbonyl (C=O) groups excluding carboxylic acids is 3. The van der Waals surface area contributed by atoms with Gasteiger partial charge in [0.1, 0.15) is 24.1 Å². The average molecular weight is 365 g/mol. The first-order valence-electron chi connectivity index (χ1n) is 7.81. The number of thioether (sulfide) groups is 1. The summed E-state index contributed by atoms with van der Waals surface area (Å²) in [6, 6.07) is 0. The molecule has 0 bridgehead atoms. The van der Waals surface area contributed by atoms with Gasteiger partial charge in [0, 0.05) is 18.6 Å². The SMILES string of the molecule is CC(=O)CCCCSCCC(=O)NCC(=O)[C@H](O)[C@@H](O)[C@@H](O)CO. The molecule has 24 heavy (non-hydrogen) atoms. The zero-order chi connectivity index (χ0) is 18.5. The number of unbranched alkanes of at least 4 members (excludes halogenated alkanes) is 1. The van der Waals surface area contributed by atoms with Crippen LogP contribution < -0.4 is 5.32 Å². The molecule has 0 rings (SSSR count). The molecule has 8 nitrogen and oxygen atoms in total. The van der Waals surface area contributed by atoms with Crippen LogP contribution in [0.25, 0.3) is 0 Å². The van der Waals surface area contributed by atoms with Crippen LogP contribution in [0.1, 0.15) is 32.6 Å². The number of carbonyl (C=O) groups is 3. The Labute approximate surface area is 145 Å². The molecule has 0 radical (unpaired) electrons. The van der Waals surface area contributed by atoms with Gasteiger partial charge in [-0.05, 0) is 25.5 Å². The summed E-state index contributed by atoms with van der Waals surface area (Å²) in [5.41, 5.74) is 0. The highest BCUT2D eigenvalue weighted by molar-refractivity contribution is 7.99. The van der Waals surface area contributed by atoms with Crippen molar-refractivity contribution in [3.8, 4) is 0 Å². The largest absolute Gasteiger partial charge is 0.394 e. The monoisotopic (exact) mass is 365 g/mol. The van der Waals surface area contributed by atoms with Gasteiger partial charge in [0.05, 0.1) is 13.2 Å². The lowest BCUT2D eigenvalue weighted by molar-refractivity contribution is -0.140. The van der Waals surface area contributed by atoms with Crippen molar-refractivity contribution in [2.24, 2.45) is 0 Å². The molecule has 0 spiro atoms. The van der Waals surface area contributed by atoms with E-state index in [-0.39, 0.29) is 18.1 Å². The molecule has 1 amide bonds. The number of amides is 1. The van der Waals surface area contributed by atoms with Crippen molar-refractivity contribution in [2.45, 2.75) is 50.9 Å². The fourth-order valence-corrected chi connectivity index (χ4v) is 2.67. The molecular formula is C15H27NO7S. The first-order chi connectivity index (χ1) is 11.3. The van der Waals surface area contributed by atoms with Crippen molar-refractivity contribution in [3.63, 3.8) is 0 Å². The van der Waals surface area contributed by atoms with Crippen LogP contribution in [0.5, 0.6) is 0 Å². The maximum Gasteiger partial charge on any atom is 0.221 e. The van der Waals surface area contributed by atoms with Gasteiger partial charge in [0.25, 0.3) is 0 Å². The van der Waals surface area contributed by atoms with Crippen molar-refractivity contribution >= 4 is 29.2 Å². The zero-order valence-electron chi connectivity index (χ0n) is 13.8. The highest BCUT2D eigenvalue weighted by Gasteiger charge is 2.29. The van der Waals surface area contributed by atoms with Crippen LogP contribution in [0.2, 0.25) is 0 Å². The lowest BCUT2D eigenvalue weighted by Gasteiger charge is -2.20. The van der Waals surface area contributed by atoms with E-state index in [0.29, 0.717) is 12.2 Å². The Morgan fingerprint density at radius 2 is 1.71 bits per heavy atom. The smallest absolute Gasteiger partial charge is 0.221 e. The fraction of sp³-hybridized carbons (Fsp3) is 0.800. The third kappa shape index (κ3) is 10.7. The van der Waals surface area contributed by atoms with Gasteiger partial charge in [-0.3, -0.25) is 9.59 Å². The van der Waals surface area contributed by atoms with Crippen LogP contribution in [0.3, 0.4) is 0 Å². The zero-order valence-corrected chi connectivity index (χ0v) is 14.6. The molecule has 0 aromatic rings. The molecule has 0 fully saturated rings.